The smallest absolute Gasteiger partial charge is 0.256 e. The molecule has 0 saturated heterocycles. The molecule has 5 rings (SSSR count). The second-order valence-corrected chi connectivity index (χ2v) is 9.88. The molecule has 0 bridgehead atoms. The Hall–Kier alpha value is -3.94. The standard InChI is InChI=1S/C29H27N3O3S/c30-27(33)26-24-15-16-32(17-20-7-3-1-4-8-20)18-25(24)36-29(26)31-28(34)22-11-13-23(14-12-22)35-19-21-9-5-2-6-10-21/h1-14H,15-19H2,(H2,30,33)(H,31,34). The van der Waals surface area contributed by atoms with Crippen LogP contribution in [0.3, 0.4) is 0 Å². The lowest BCUT2D eigenvalue weighted by Crippen LogP contribution is -2.30. The van der Waals surface area contributed by atoms with Crippen LogP contribution in [0.15, 0.2) is 84.9 Å². The van der Waals surface area contributed by atoms with Gasteiger partial charge in [0.15, 0.2) is 0 Å². The number of nitrogens with two attached hydrogens (primary N) is 1. The van der Waals surface area contributed by atoms with Gasteiger partial charge in [-0.1, -0.05) is 60.7 Å². The van der Waals surface area contributed by atoms with Crippen molar-refractivity contribution < 1.29 is 14.3 Å². The first kappa shape index (κ1) is 23.8. The lowest BCUT2D eigenvalue weighted by molar-refractivity contribution is 0.0999. The molecule has 0 atom stereocenters. The van der Waals surface area contributed by atoms with E-state index in [0.717, 1.165) is 42.1 Å². The van der Waals surface area contributed by atoms with E-state index in [1.165, 1.54) is 16.9 Å². The maximum Gasteiger partial charge on any atom is 0.256 e. The number of amides is 2. The van der Waals surface area contributed by atoms with Gasteiger partial charge in [-0.2, -0.15) is 0 Å². The zero-order chi connectivity index (χ0) is 24.9. The predicted molar refractivity (Wildman–Crippen MR) is 142 cm³/mol. The first-order valence-corrected chi connectivity index (χ1v) is 12.7. The highest BCUT2D eigenvalue weighted by Crippen LogP contribution is 2.37. The number of nitrogens with zero attached hydrogens (tertiary/aromatic N) is 1. The second-order valence-electron chi connectivity index (χ2n) is 8.77. The van der Waals surface area contributed by atoms with Gasteiger partial charge in [-0.05, 0) is 47.4 Å². The largest absolute Gasteiger partial charge is 0.489 e. The van der Waals surface area contributed by atoms with Crippen LogP contribution in [0.5, 0.6) is 5.75 Å². The molecule has 4 aromatic rings. The van der Waals surface area contributed by atoms with Crippen LogP contribution in [0.25, 0.3) is 0 Å². The monoisotopic (exact) mass is 497 g/mol. The molecule has 6 nitrogen and oxygen atoms in total. The van der Waals surface area contributed by atoms with Crippen molar-refractivity contribution in [1.82, 2.24) is 4.90 Å². The molecule has 36 heavy (non-hydrogen) atoms. The van der Waals surface area contributed by atoms with Gasteiger partial charge in [0.25, 0.3) is 11.8 Å². The number of carbonyl (C=O) groups is 2. The molecule has 2 heterocycles. The van der Waals surface area contributed by atoms with E-state index in [1.807, 2.05) is 48.5 Å². The van der Waals surface area contributed by atoms with Crippen molar-refractivity contribution in [2.24, 2.45) is 5.73 Å². The number of benzene rings is 3. The van der Waals surface area contributed by atoms with Gasteiger partial charge in [0.1, 0.15) is 17.4 Å². The lowest BCUT2D eigenvalue weighted by Gasteiger charge is -2.27. The minimum atomic E-state index is -0.510. The molecular formula is C29H27N3O3S. The average molecular weight is 498 g/mol. The van der Waals surface area contributed by atoms with E-state index in [0.29, 0.717) is 28.5 Å². The summed E-state index contributed by atoms with van der Waals surface area (Å²) in [6.07, 6.45) is 0.722. The zero-order valence-electron chi connectivity index (χ0n) is 19.8. The Labute approximate surface area is 214 Å². The number of carbonyl (C=O) groups excluding carboxylic acids is 2. The third-order valence-corrected chi connectivity index (χ3v) is 7.36. The second kappa shape index (κ2) is 10.8. The first-order chi connectivity index (χ1) is 17.6. The highest BCUT2D eigenvalue weighted by atomic mass is 32.1. The highest BCUT2D eigenvalue weighted by Gasteiger charge is 2.28. The molecule has 1 aliphatic rings. The zero-order valence-corrected chi connectivity index (χ0v) is 20.6. The fourth-order valence-electron chi connectivity index (χ4n) is 4.40. The molecule has 0 fully saturated rings. The Balaban J connectivity index is 1.26. The van der Waals surface area contributed by atoms with Crippen LogP contribution in [-0.2, 0) is 26.1 Å². The maximum atomic E-state index is 13.0. The summed E-state index contributed by atoms with van der Waals surface area (Å²) in [5, 5.41) is 3.44. The summed E-state index contributed by atoms with van der Waals surface area (Å²) in [4.78, 5) is 28.7. The van der Waals surface area contributed by atoms with Gasteiger partial charge in [-0.25, -0.2) is 0 Å². The fourth-order valence-corrected chi connectivity index (χ4v) is 5.69. The SMILES string of the molecule is NC(=O)c1c(NC(=O)c2ccc(OCc3ccccc3)cc2)sc2c1CCN(Cc1ccccc1)C2. The summed E-state index contributed by atoms with van der Waals surface area (Å²) < 4.78 is 5.81. The number of thiophene rings is 1. The van der Waals surface area contributed by atoms with Crippen LogP contribution in [0.1, 0.15) is 42.3 Å². The Morgan fingerprint density at radius 3 is 2.25 bits per heavy atom. The van der Waals surface area contributed by atoms with E-state index in [2.05, 4.69) is 22.3 Å². The average Bonchev–Trinajstić information content (AvgIpc) is 3.26. The molecule has 0 aliphatic carbocycles. The van der Waals surface area contributed by atoms with Crippen LogP contribution in [0.2, 0.25) is 0 Å². The number of anilines is 1. The molecule has 0 radical (unpaired) electrons. The lowest BCUT2D eigenvalue weighted by atomic mass is 10.0. The molecule has 7 heteroatoms. The van der Waals surface area contributed by atoms with Crippen molar-refractivity contribution in [2.75, 3.05) is 11.9 Å². The maximum absolute atomic E-state index is 13.0. The van der Waals surface area contributed by atoms with Crippen LogP contribution in [0.4, 0.5) is 5.00 Å². The van der Waals surface area contributed by atoms with Crippen molar-refractivity contribution in [3.8, 4) is 5.75 Å². The number of ether oxygens (including phenoxy) is 1. The van der Waals surface area contributed by atoms with Crippen LogP contribution in [0, 0.1) is 0 Å². The van der Waals surface area contributed by atoms with E-state index in [4.69, 9.17) is 10.5 Å². The van der Waals surface area contributed by atoms with Crippen LogP contribution in [-0.4, -0.2) is 23.3 Å². The number of rotatable bonds is 8. The molecule has 1 aromatic heterocycles. The van der Waals surface area contributed by atoms with E-state index in [1.54, 1.807) is 24.3 Å². The molecular weight excluding hydrogens is 470 g/mol. The molecule has 2 amide bonds. The molecule has 1 aliphatic heterocycles. The summed E-state index contributed by atoms with van der Waals surface area (Å²) in [7, 11) is 0. The fraction of sp³-hybridized carbons (Fsp3) is 0.172. The van der Waals surface area contributed by atoms with E-state index in [-0.39, 0.29) is 5.91 Å². The van der Waals surface area contributed by atoms with Gasteiger partial charge in [0.05, 0.1) is 5.56 Å². The van der Waals surface area contributed by atoms with E-state index in [9.17, 15) is 9.59 Å². The summed E-state index contributed by atoms with van der Waals surface area (Å²) in [6.45, 7) is 2.84. The molecule has 182 valence electrons. The summed E-state index contributed by atoms with van der Waals surface area (Å²) in [5.74, 6) is -0.117. The van der Waals surface area contributed by atoms with Gasteiger partial charge in [0, 0.05) is 30.1 Å². The van der Waals surface area contributed by atoms with E-state index >= 15 is 0 Å². The normalized spacial score (nSPS) is 13.1. The third-order valence-electron chi connectivity index (χ3n) is 6.22. The Bertz CT molecular complexity index is 1350. The van der Waals surface area contributed by atoms with Gasteiger partial charge in [-0.15, -0.1) is 11.3 Å². The van der Waals surface area contributed by atoms with Crippen molar-refractivity contribution >= 4 is 28.2 Å². The van der Waals surface area contributed by atoms with Crippen LogP contribution >= 0.6 is 11.3 Å². The molecule has 3 aromatic carbocycles. The minimum absolute atomic E-state index is 0.285. The Kier molecular flexibility index (Phi) is 7.11. The molecule has 0 spiro atoms. The van der Waals surface area contributed by atoms with Crippen molar-refractivity contribution in [3.63, 3.8) is 0 Å². The Morgan fingerprint density at radius 2 is 1.58 bits per heavy atom. The summed E-state index contributed by atoms with van der Waals surface area (Å²) in [6, 6.07) is 27.2. The molecule has 3 N–H and O–H groups in total. The van der Waals surface area contributed by atoms with Crippen molar-refractivity contribution in [2.45, 2.75) is 26.1 Å². The molecule has 0 saturated carbocycles. The van der Waals surface area contributed by atoms with Gasteiger partial charge >= 0.3 is 0 Å². The van der Waals surface area contributed by atoms with Crippen LogP contribution < -0.4 is 15.8 Å². The summed E-state index contributed by atoms with van der Waals surface area (Å²) >= 11 is 1.44. The number of hydrogen-bond acceptors (Lipinski definition) is 5. The molecule has 0 unspecified atom stereocenters. The third kappa shape index (κ3) is 5.48. The van der Waals surface area contributed by atoms with Gasteiger partial charge < -0.3 is 15.8 Å². The van der Waals surface area contributed by atoms with Gasteiger partial charge in [0.2, 0.25) is 0 Å². The van der Waals surface area contributed by atoms with E-state index < -0.39 is 5.91 Å². The minimum Gasteiger partial charge on any atom is -0.489 e. The van der Waals surface area contributed by atoms with Gasteiger partial charge in [-0.3, -0.25) is 14.5 Å². The quantitative estimate of drug-likeness (QED) is 0.349. The first-order valence-electron chi connectivity index (χ1n) is 11.9. The number of nitrogens with one attached hydrogen (secondary N) is 1. The van der Waals surface area contributed by atoms with Crippen molar-refractivity contribution in [3.05, 3.63) is 118 Å². The topological polar surface area (TPSA) is 84.7 Å². The van der Waals surface area contributed by atoms with Crippen molar-refractivity contribution in [1.29, 1.82) is 0 Å². The predicted octanol–water partition coefficient (Wildman–Crippen LogP) is 5.24. The number of primary amides is 1. The number of fused-ring (bicyclic) bond motifs is 1. The highest BCUT2D eigenvalue weighted by molar-refractivity contribution is 7.17. The number of hydrogen-bond donors (Lipinski definition) is 2. The summed E-state index contributed by atoms with van der Waals surface area (Å²) in [5.41, 5.74) is 9.93. The Morgan fingerprint density at radius 1 is 0.917 bits per heavy atom.